The third-order valence-electron chi connectivity index (χ3n) is 2.80. The van der Waals surface area contributed by atoms with E-state index in [0.29, 0.717) is 22.6 Å². The van der Waals surface area contributed by atoms with Crippen LogP contribution in [0.3, 0.4) is 0 Å². The van der Waals surface area contributed by atoms with E-state index in [1.54, 1.807) is 6.07 Å². The molecule has 0 radical (unpaired) electrons. The van der Waals surface area contributed by atoms with Crippen molar-refractivity contribution in [3.8, 4) is 0 Å². The number of thioether (sulfide) groups is 1. The first-order valence-corrected chi connectivity index (χ1v) is 7.76. The molecular formula is C14H13BrFN3OS. The van der Waals surface area contributed by atoms with Gasteiger partial charge in [-0.3, -0.25) is 10.2 Å². The molecule has 0 saturated carbocycles. The third kappa shape index (κ3) is 3.96. The molecule has 0 unspecified atom stereocenters. The van der Waals surface area contributed by atoms with Crippen LogP contribution in [0.2, 0.25) is 0 Å². The summed E-state index contributed by atoms with van der Waals surface area (Å²) in [5.74, 6) is 4.61. The summed E-state index contributed by atoms with van der Waals surface area (Å²) in [6, 6.07) is 9.62. The molecule has 1 amide bonds. The maximum atomic E-state index is 13.8. The van der Waals surface area contributed by atoms with Crippen LogP contribution in [-0.4, -0.2) is 5.91 Å². The number of nitrogen functional groups attached to an aromatic ring is 2. The second-order valence-corrected chi connectivity index (χ2v) is 6.18. The van der Waals surface area contributed by atoms with Gasteiger partial charge >= 0.3 is 0 Å². The number of hydrazine groups is 1. The van der Waals surface area contributed by atoms with Crippen molar-refractivity contribution in [2.24, 2.45) is 5.84 Å². The van der Waals surface area contributed by atoms with Crippen LogP contribution in [0.25, 0.3) is 0 Å². The standard InChI is InChI=1S/C14H13BrFN3OS/c15-10-2-4-12(17)13(6-10)21-7-9-5-8(14(20)19-18)1-3-11(9)16/h1-6H,7,17-18H2,(H,19,20). The van der Waals surface area contributed by atoms with Gasteiger partial charge in [-0.15, -0.1) is 11.8 Å². The van der Waals surface area contributed by atoms with Crippen molar-refractivity contribution in [2.45, 2.75) is 10.6 Å². The fourth-order valence-corrected chi connectivity index (χ4v) is 3.19. The van der Waals surface area contributed by atoms with Crippen LogP contribution in [0.1, 0.15) is 15.9 Å². The molecule has 0 heterocycles. The summed E-state index contributed by atoms with van der Waals surface area (Å²) in [6.45, 7) is 0. The van der Waals surface area contributed by atoms with Crippen molar-refractivity contribution >= 4 is 39.3 Å². The average molecular weight is 370 g/mol. The molecule has 21 heavy (non-hydrogen) atoms. The van der Waals surface area contributed by atoms with E-state index in [-0.39, 0.29) is 5.82 Å². The van der Waals surface area contributed by atoms with E-state index in [1.807, 2.05) is 17.6 Å². The van der Waals surface area contributed by atoms with E-state index in [4.69, 9.17) is 11.6 Å². The molecule has 2 aromatic rings. The summed E-state index contributed by atoms with van der Waals surface area (Å²) in [5, 5.41) is 0. The lowest BCUT2D eigenvalue weighted by molar-refractivity contribution is 0.0953. The van der Waals surface area contributed by atoms with Crippen LogP contribution >= 0.6 is 27.7 Å². The number of carbonyl (C=O) groups excluding carboxylic acids is 1. The highest BCUT2D eigenvalue weighted by Gasteiger charge is 2.10. The molecular weight excluding hydrogens is 357 g/mol. The summed E-state index contributed by atoms with van der Waals surface area (Å²) in [6.07, 6.45) is 0. The summed E-state index contributed by atoms with van der Waals surface area (Å²) >= 11 is 4.77. The van der Waals surface area contributed by atoms with Gasteiger partial charge in [-0.2, -0.15) is 0 Å². The van der Waals surface area contributed by atoms with Gasteiger partial charge in [0.25, 0.3) is 5.91 Å². The SMILES string of the molecule is NNC(=O)c1ccc(F)c(CSc2cc(Br)ccc2N)c1. The molecule has 5 N–H and O–H groups in total. The zero-order chi connectivity index (χ0) is 15.4. The second-order valence-electron chi connectivity index (χ2n) is 4.25. The molecule has 2 aromatic carbocycles. The van der Waals surface area contributed by atoms with Crippen LogP contribution in [-0.2, 0) is 5.75 Å². The Morgan fingerprint density at radius 1 is 1.29 bits per heavy atom. The molecule has 0 bridgehead atoms. The smallest absolute Gasteiger partial charge is 0.265 e. The molecule has 0 spiro atoms. The predicted octanol–water partition coefficient (Wildman–Crippen LogP) is 3.07. The Bertz CT molecular complexity index is 681. The summed E-state index contributed by atoms with van der Waals surface area (Å²) < 4.78 is 14.7. The second kappa shape index (κ2) is 6.93. The van der Waals surface area contributed by atoms with Crippen molar-refractivity contribution < 1.29 is 9.18 Å². The molecule has 0 aromatic heterocycles. The number of rotatable bonds is 4. The van der Waals surface area contributed by atoms with E-state index in [9.17, 15) is 9.18 Å². The van der Waals surface area contributed by atoms with Gasteiger partial charge in [0, 0.05) is 26.4 Å². The lowest BCUT2D eigenvalue weighted by Crippen LogP contribution is -2.30. The van der Waals surface area contributed by atoms with Gasteiger partial charge in [0.2, 0.25) is 0 Å². The molecule has 110 valence electrons. The van der Waals surface area contributed by atoms with Gasteiger partial charge in [-0.1, -0.05) is 15.9 Å². The number of carbonyl (C=O) groups is 1. The molecule has 4 nitrogen and oxygen atoms in total. The third-order valence-corrected chi connectivity index (χ3v) is 4.41. The molecule has 0 aliphatic heterocycles. The fourth-order valence-electron chi connectivity index (χ4n) is 1.70. The monoisotopic (exact) mass is 369 g/mol. The minimum absolute atomic E-state index is 0.316. The van der Waals surface area contributed by atoms with Crippen LogP contribution in [0.5, 0.6) is 0 Å². The Morgan fingerprint density at radius 2 is 2.05 bits per heavy atom. The molecule has 0 atom stereocenters. The maximum absolute atomic E-state index is 13.8. The van der Waals surface area contributed by atoms with Crippen LogP contribution in [0, 0.1) is 5.82 Å². The lowest BCUT2D eigenvalue weighted by atomic mass is 10.1. The molecule has 2 rings (SSSR count). The largest absolute Gasteiger partial charge is 0.398 e. The molecule has 0 fully saturated rings. The number of benzene rings is 2. The first kappa shape index (κ1) is 15.8. The number of hydrogen-bond donors (Lipinski definition) is 3. The van der Waals surface area contributed by atoms with E-state index >= 15 is 0 Å². The average Bonchev–Trinajstić information content (AvgIpc) is 2.48. The maximum Gasteiger partial charge on any atom is 0.265 e. The van der Waals surface area contributed by atoms with Crippen molar-refractivity contribution in [3.63, 3.8) is 0 Å². The summed E-state index contributed by atoms with van der Waals surface area (Å²) in [5.41, 5.74) is 9.26. The van der Waals surface area contributed by atoms with E-state index in [2.05, 4.69) is 15.9 Å². The molecule has 0 aliphatic rings. The van der Waals surface area contributed by atoms with E-state index in [1.165, 1.54) is 30.0 Å². The highest BCUT2D eigenvalue weighted by atomic mass is 79.9. The fraction of sp³-hybridized carbons (Fsp3) is 0.0714. The Hall–Kier alpha value is -1.57. The Morgan fingerprint density at radius 3 is 2.76 bits per heavy atom. The molecule has 7 heteroatoms. The summed E-state index contributed by atoms with van der Waals surface area (Å²) in [4.78, 5) is 12.3. The van der Waals surface area contributed by atoms with Gasteiger partial charge in [-0.25, -0.2) is 10.2 Å². The van der Waals surface area contributed by atoms with Gasteiger partial charge in [0.05, 0.1) is 0 Å². The Labute approximate surface area is 134 Å². The highest BCUT2D eigenvalue weighted by Crippen LogP contribution is 2.31. The van der Waals surface area contributed by atoms with Crippen LogP contribution in [0.4, 0.5) is 10.1 Å². The van der Waals surface area contributed by atoms with Crippen molar-refractivity contribution in [1.29, 1.82) is 0 Å². The zero-order valence-corrected chi connectivity index (χ0v) is 13.3. The van der Waals surface area contributed by atoms with Crippen molar-refractivity contribution in [3.05, 3.63) is 57.8 Å². The molecule has 0 saturated heterocycles. The lowest BCUT2D eigenvalue weighted by Gasteiger charge is -2.08. The van der Waals surface area contributed by atoms with E-state index in [0.717, 1.165) is 9.37 Å². The topological polar surface area (TPSA) is 81.1 Å². The van der Waals surface area contributed by atoms with Crippen LogP contribution < -0.4 is 17.0 Å². The number of hydrogen-bond acceptors (Lipinski definition) is 4. The highest BCUT2D eigenvalue weighted by molar-refractivity contribution is 9.10. The minimum atomic E-state index is -0.455. The normalized spacial score (nSPS) is 10.4. The number of nitrogens with two attached hydrogens (primary N) is 2. The van der Waals surface area contributed by atoms with Gasteiger partial charge in [-0.05, 0) is 42.0 Å². The zero-order valence-electron chi connectivity index (χ0n) is 10.9. The number of halogens is 2. The number of amides is 1. The quantitative estimate of drug-likeness (QED) is 0.254. The number of nitrogens with one attached hydrogen (secondary N) is 1. The van der Waals surface area contributed by atoms with E-state index < -0.39 is 5.91 Å². The predicted molar refractivity (Wildman–Crippen MR) is 86.2 cm³/mol. The number of anilines is 1. The van der Waals surface area contributed by atoms with Crippen molar-refractivity contribution in [2.75, 3.05) is 5.73 Å². The first-order valence-electron chi connectivity index (χ1n) is 5.98. The van der Waals surface area contributed by atoms with Gasteiger partial charge in [0.15, 0.2) is 0 Å². The first-order chi connectivity index (χ1) is 10.0. The van der Waals surface area contributed by atoms with Crippen molar-refractivity contribution in [1.82, 2.24) is 5.43 Å². The minimum Gasteiger partial charge on any atom is -0.398 e. The summed E-state index contributed by atoms with van der Waals surface area (Å²) in [7, 11) is 0. The van der Waals surface area contributed by atoms with Crippen LogP contribution in [0.15, 0.2) is 45.8 Å². The Kier molecular flexibility index (Phi) is 5.22. The van der Waals surface area contributed by atoms with Gasteiger partial charge in [0.1, 0.15) is 5.82 Å². The Balaban J connectivity index is 2.19. The molecule has 0 aliphatic carbocycles. The van der Waals surface area contributed by atoms with Gasteiger partial charge < -0.3 is 5.73 Å².